The molecule has 1 aromatic rings. The van der Waals surface area contributed by atoms with Crippen LogP contribution in [0.2, 0.25) is 0 Å². The molecule has 2 N–H and O–H groups in total. The standard InChI is InChI=1S/C16H26N2O/c1-4-14(17)13-7-5-6-8-15(13)18-10-9-12(2)16(11-18)19-3/h5-8,12,14,16H,4,9-11,17H2,1-3H3/t12?,14-,16?/m0/s1. The van der Waals surface area contributed by atoms with Crippen LogP contribution in [0.25, 0.3) is 0 Å². The van der Waals surface area contributed by atoms with Gasteiger partial charge in [0.05, 0.1) is 6.10 Å². The third kappa shape index (κ3) is 3.10. The molecule has 0 aliphatic carbocycles. The summed E-state index contributed by atoms with van der Waals surface area (Å²) in [6.45, 7) is 6.46. The Hall–Kier alpha value is -1.06. The molecular weight excluding hydrogens is 236 g/mol. The third-order valence-corrected chi connectivity index (χ3v) is 4.31. The van der Waals surface area contributed by atoms with E-state index in [9.17, 15) is 0 Å². The van der Waals surface area contributed by atoms with Crippen molar-refractivity contribution < 1.29 is 4.74 Å². The Balaban J connectivity index is 2.22. The highest BCUT2D eigenvalue weighted by atomic mass is 16.5. The lowest BCUT2D eigenvalue weighted by molar-refractivity contribution is 0.0498. The van der Waals surface area contributed by atoms with Crippen molar-refractivity contribution in [3.63, 3.8) is 0 Å². The molecule has 0 amide bonds. The number of nitrogens with two attached hydrogens (primary N) is 1. The van der Waals surface area contributed by atoms with Crippen LogP contribution < -0.4 is 10.6 Å². The summed E-state index contributed by atoms with van der Waals surface area (Å²) in [6.07, 6.45) is 2.46. The summed E-state index contributed by atoms with van der Waals surface area (Å²) in [6, 6.07) is 8.64. The van der Waals surface area contributed by atoms with E-state index in [0.717, 1.165) is 19.5 Å². The van der Waals surface area contributed by atoms with Gasteiger partial charge in [-0.1, -0.05) is 32.0 Å². The van der Waals surface area contributed by atoms with E-state index in [1.165, 1.54) is 17.7 Å². The molecule has 1 fully saturated rings. The molecule has 19 heavy (non-hydrogen) atoms. The molecule has 2 unspecified atom stereocenters. The van der Waals surface area contributed by atoms with Crippen LogP contribution in [-0.4, -0.2) is 26.3 Å². The molecule has 0 aromatic heterocycles. The lowest BCUT2D eigenvalue weighted by atomic mass is 9.94. The molecule has 0 saturated carbocycles. The normalized spacial score (nSPS) is 25.4. The van der Waals surface area contributed by atoms with Crippen molar-refractivity contribution in [3.05, 3.63) is 29.8 Å². The molecule has 1 aliphatic heterocycles. The van der Waals surface area contributed by atoms with Gasteiger partial charge in [0.1, 0.15) is 0 Å². The van der Waals surface area contributed by atoms with Crippen molar-refractivity contribution in [2.24, 2.45) is 11.7 Å². The Kier molecular flexibility index (Phi) is 4.83. The lowest BCUT2D eigenvalue weighted by Gasteiger charge is -2.39. The number of piperidine rings is 1. The van der Waals surface area contributed by atoms with E-state index in [-0.39, 0.29) is 6.04 Å². The second-order valence-corrected chi connectivity index (χ2v) is 5.56. The smallest absolute Gasteiger partial charge is 0.0772 e. The van der Waals surface area contributed by atoms with E-state index in [4.69, 9.17) is 10.5 Å². The molecular formula is C16H26N2O. The summed E-state index contributed by atoms with van der Waals surface area (Å²) < 4.78 is 5.61. The molecule has 0 spiro atoms. The maximum absolute atomic E-state index is 6.24. The van der Waals surface area contributed by atoms with Crippen LogP contribution in [-0.2, 0) is 4.74 Å². The van der Waals surface area contributed by atoms with E-state index < -0.39 is 0 Å². The highest BCUT2D eigenvalue weighted by Gasteiger charge is 2.27. The van der Waals surface area contributed by atoms with E-state index >= 15 is 0 Å². The molecule has 3 heteroatoms. The van der Waals surface area contributed by atoms with Crippen LogP contribution in [0.1, 0.15) is 38.3 Å². The number of nitrogens with zero attached hydrogens (tertiary/aromatic N) is 1. The number of anilines is 1. The molecule has 1 heterocycles. The van der Waals surface area contributed by atoms with Gasteiger partial charge in [0.25, 0.3) is 0 Å². The molecule has 1 aromatic carbocycles. The van der Waals surface area contributed by atoms with Crippen LogP contribution in [0, 0.1) is 5.92 Å². The van der Waals surface area contributed by atoms with E-state index in [1.54, 1.807) is 0 Å². The minimum atomic E-state index is 0.122. The zero-order valence-electron chi connectivity index (χ0n) is 12.3. The van der Waals surface area contributed by atoms with Crippen molar-refractivity contribution in [2.45, 2.75) is 38.8 Å². The molecule has 106 valence electrons. The van der Waals surface area contributed by atoms with Gasteiger partial charge in [0, 0.05) is 31.9 Å². The van der Waals surface area contributed by atoms with Crippen LogP contribution in [0.4, 0.5) is 5.69 Å². The number of para-hydroxylation sites is 1. The second kappa shape index (κ2) is 6.40. The number of methoxy groups -OCH3 is 1. The van der Waals surface area contributed by atoms with Gasteiger partial charge in [-0.15, -0.1) is 0 Å². The summed E-state index contributed by atoms with van der Waals surface area (Å²) >= 11 is 0. The Morgan fingerprint density at radius 2 is 2.16 bits per heavy atom. The van der Waals surface area contributed by atoms with Gasteiger partial charge >= 0.3 is 0 Å². The Morgan fingerprint density at radius 1 is 1.42 bits per heavy atom. The van der Waals surface area contributed by atoms with Gasteiger partial charge in [-0.25, -0.2) is 0 Å². The highest BCUT2D eigenvalue weighted by molar-refractivity contribution is 5.55. The Morgan fingerprint density at radius 3 is 2.84 bits per heavy atom. The van der Waals surface area contributed by atoms with Crippen molar-refractivity contribution in [3.8, 4) is 0 Å². The van der Waals surface area contributed by atoms with E-state index in [1.807, 2.05) is 7.11 Å². The first kappa shape index (κ1) is 14.4. The molecule has 0 bridgehead atoms. The largest absolute Gasteiger partial charge is 0.379 e. The number of hydrogen-bond acceptors (Lipinski definition) is 3. The van der Waals surface area contributed by atoms with Crippen LogP contribution in [0.5, 0.6) is 0 Å². The summed E-state index contributed by atoms with van der Waals surface area (Å²) in [4.78, 5) is 2.43. The maximum Gasteiger partial charge on any atom is 0.0772 e. The molecule has 1 saturated heterocycles. The fraction of sp³-hybridized carbons (Fsp3) is 0.625. The summed E-state index contributed by atoms with van der Waals surface area (Å²) in [5, 5.41) is 0. The van der Waals surface area contributed by atoms with Crippen LogP contribution >= 0.6 is 0 Å². The first-order chi connectivity index (χ1) is 9.17. The second-order valence-electron chi connectivity index (χ2n) is 5.56. The topological polar surface area (TPSA) is 38.5 Å². The Labute approximate surface area is 116 Å². The monoisotopic (exact) mass is 262 g/mol. The van der Waals surface area contributed by atoms with Gasteiger partial charge in [0.2, 0.25) is 0 Å². The SMILES string of the molecule is CC[C@H](N)c1ccccc1N1CCC(C)C(OC)C1. The van der Waals surface area contributed by atoms with Crippen LogP contribution in [0.15, 0.2) is 24.3 Å². The molecule has 0 radical (unpaired) electrons. The fourth-order valence-corrected chi connectivity index (χ4v) is 2.87. The van der Waals surface area contributed by atoms with Gasteiger partial charge in [0.15, 0.2) is 0 Å². The summed E-state index contributed by atoms with van der Waals surface area (Å²) in [7, 11) is 1.81. The lowest BCUT2D eigenvalue weighted by Crippen LogP contribution is -2.44. The summed E-state index contributed by atoms with van der Waals surface area (Å²) in [5.41, 5.74) is 8.78. The van der Waals surface area contributed by atoms with Gasteiger partial charge in [-0.2, -0.15) is 0 Å². The average molecular weight is 262 g/mol. The minimum Gasteiger partial charge on any atom is -0.379 e. The number of hydrogen-bond donors (Lipinski definition) is 1. The zero-order valence-corrected chi connectivity index (χ0v) is 12.3. The predicted octanol–water partition coefficient (Wildman–Crippen LogP) is 2.96. The van der Waals surface area contributed by atoms with Crippen LogP contribution in [0.3, 0.4) is 0 Å². The zero-order chi connectivity index (χ0) is 13.8. The molecule has 1 aliphatic rings. The fourth-order valence-electron chi connectivity index (χ4n) is 2.87. The van der Waals surface area contributed by atoms with E-state index in [0.29, 0.717) is 12.0 Å². The van der Waals surface area contributed by atoms with Crippen molar-refractivity contribution in [1.82, 2.24) is 0 Å². The summed E-state index contributed by atoms with van der Waals surface area (Å²) in [5.74, 6) is 0.633. The van der Waals surface area contributed by atoms with Gasteiger partial charge in [-0.05, 0) is 30.4 Å². The van der Waals surface area contributed by atoms with Crippen molar-refractivity contribution >= 4 is 5.69 Å². The quantitative estimate of drug-likeness (QED) is 0.906. The first-order valence-corrected chi connectivity index (χ1v) is 7.29. The molecule has 3 atom stereocenters. The average Bonchev–Trinajstić information content (AvgIpc) is 2.47. The van der Waals surface area contributed by atoms with Gasteiger partial charge < -0.3 is 15.4 Å². The first-order valence-electron chi connectivity index (χ1n) is 7.29. The third-order valence-electron chi connectivity index (χ3n) is 4.31. The van der Waals surface area contributed by atoms with Gasteiger partial charge in [-0.3, -0.25) is 0 Å². The highest BCUT2D eigenvalue weighted by Crippen LogP contribution is 2.30. The maximum atomic E-state index is 6.24. The number of rotatable bonds is 4. The molecule has 3 nitrogen and oxygen atoms in total. The van der Waals surface area contributed by atoms with E-state index in [2.05, 4.69) is 43.0 Å². The van der Waals surface area contributed by atoms with Crippen molar-refractivity contribution in [1.29, 1.82) is 0 Å². The van der Waals surface area contributed by atoms with Crippen molar-refractivity contribution in [2.75, 3.05) is 25.1 Å². The molecule has 2 rings (SSSR count). The minimum absolute atomic E-state index is 0.122. The number of ether oxygens (including phenoxy) is 1. The number of benzene rings is 1. The Bertz CT molecular complexity index is 407. The predicted molar refractivity (Wildman–Crippen MR) is 80.5 cm³/mol.